The summed E-state index contributed by atoms with van der Waals surface area (Å²) in [6, 6.07) is 2.96. The fourth-order valence-electron chi connectivity index (χ4n) is 1.10. The molecule has 1 rings (SSSR count). The molecule has 0 bridgehead atoms. The molecule has 0 saturated heterocycles. The van der Waals surface area contributed by atoms with Crippen molar-refractivity contribution in [3.8, 4) is 0 Å². The molecule has 0 unspecified atom stereocenters. The summed E-state index contributed by atoms with van der Waals surface area (Å²) in [5, 5.41) is 9.09. The maximum absolute atomic E-state index is 11.8. The van der Waals surface area contributed by atoms with Gasteiger partial charge in [0.25, 0.3) is 0 Å². The number of aromatic nitrogens is 1. The number of imide groups is 1. The number of hydrogen-bond donors (Lipinski definition) is 1. The molecule has 2 amide bonds. The summed E-state index contributed by atoms with van der Waals surface area (Å²) in [7, 11) is 0. The van der Waals surface area contributed by atoms with Crippen molar-refractivity contribution < 1.29 is 19.4 Å². The highest BCUT2D eigenvalue weighted by Crippen LogP contribution is 2.24. The standard InChI is InChI=1S/C11H13ClN2O4/c1-11(2,3)18-10(17)14(9(15)16)8-7(12)5-4-6-13-8/h4-6H,1-3H3,(H,15,16). The van der Waals surface area contributed by atoms with Crippen LogP contribution in [0.1, 0.15) is 20.8 Å². The number of rotatable bonds is 1. The molecule has 0 spiro atoms. The quantitative estimate of drug-likeness (QED) is 0.849. The van der Waals surface area contributed by atoms with Crippen LogP contribution >= 0.6 is 11.6 Å². The number of pyridine rings is 1. The summed E-state index contributed by atoms with van der Waals surface area (Å²) in [5.74, 6) is -0.180. The van der Waals surface area contributed by atoms with Crippen molar-refractivity contribution in [3.05, 3.63) is 23.4 Å². The zero-order chi connectivity index (χ0) is 13.9. The lowest BCUT2D eigenvalue weighted by atomic mass is 10.2. The molecule has 7 heteroatoms. The maximum Gasteiger partial charge on any atom is 0.425 e. The van der Waals surface area contributed by atoms with Gasteiger partial charge in [0.2, 0.25) is 0 Å². The number of ether oxygens (including phenoxy) is 1. The van der Waals surface area contributed by atoms with Crippen molar-refractivity contribution in [2.24, 2.45) is 0 Å². The minimum atomic E-state index is -1.51. The Labute approximate surface area is 109 Å². The first-order valence-electron chi connectivity index (χ1n) is 5.09. The number of hydrogen-bond acceptors (Lipinski definition) is 4. The molecule has 0 atom stereocenters. The molecule has 6 nitrogen and oxygen atoms in total. The van der Waals surface area contributed by atoms with E-state index in [0.29, 0.717) is 4.90 Å². The van der Waals surface area contributed by atoms with Crippen LogP contribution in [-0.2, 0) is 4.74 Å². The van der Waals surface area contributed by atoms with Gasteiger partial charge in [0.1, 0.15) is 5.60 Å². The van der Waals surface area contributed by atoms with Gasteiger partial charge < -0.3 is 9.84 Å². The van der Waals surface area contributed by atoms with E-state index in [1.54, 1.807) is 20.8 Å². The van der Waals surface area contributed by atoms with Gasteiger partial charge in [-0.05, 0) is 32.9 Å². The molecule has 18 heavy (non-hydrogen) atoms. The predicted molar refractivity (Wildman–Crippen MR) is 66.0 cm³/mol. The lowest BCUT2D eigenvalue weighted by Crippen LogP contribution is -2.40. The topological polar surface area (TPSA) is 79.7 Å². The van der Waals surface area contributed by atoms with Crippen LogP contribution in [0.25, 0.3) is 0 Å². The number of carbonyl (C=O) groups excluding carboxylic acids is 1. The molecule has 1 N–H and O–H groups in total. The van der Waals surface area contributed by atoms with Crippen molar-refractivity contribution in [2.75, 3.05) is 4.90 Å². The van der Waals surface area contributed by atoms with Crippen LogP contribution in [0.4, 0.5) is 15.4 Å². The first-order valence-corrected chi connectivity index (χ1v) is 5.47. The summed E-state index contributed by atoms with van der Waals surface area (Å²) < 4.78 is 4.98. The Balaban J connectivity index is 3.09. The van der Waals surface area contributed by atoms with Crippen molar-refractivity contribution in [1.29, 1.82) is 0 Å². The van der Waals surface area contributed by atoms with Gasteiger partial charge >= 0.3 is 12.2 Å². The molecule has 0 radical (unpaired) electrons. The molecule has 0 aliphatic carbocycles. The van der Waals surface area contributed by atoms with Crippen molar-refractivity contribution in [3.63, 3.8) is 0 Å². The van der Waals surface area contributed by atoms with Gasteiger partial charge in [-0.2, -0.15) is 4.90 Å². The van der Waals surface area contributed by atoms with E-state index >= 15 is 0 Å². The van der Waals surface area contributed by atoms with Crippen molar-refractivity contribution in [2.45, 2.75) is 26.4 Å². The van der Waals surface area contributed by atoms with E-state index in [1.165, 1.54) is 18.3 Å². The molecule has 0 aromatic carbocycles. The molecule has 0 aliphatic rings. The Morgan fingerprint density at radius 1 is 1.44 bits per heavy atom. The first kappa shape index (κ1) is 14.2. The van der Waals surface area contributed by atoms with Crippen LogP contribution < -0.4 is 4.90 Å². The average molecular weight is 273 g/mol. The Hall–Kier alpha value is -1.82. The number of amides is 2. The molecule has 0 saturated carbocycles. The van der Waals surface area contributed by atoms with E-state index in [-0.39, 0.29) is 10.8 Å². The van der Waals surface area contributed by atoms with Gasteiger partial charge in [0, 0.05) is 6.20 Å². The molecule has 98 valence electrons. The molecular formula is C11H13ClN2O4. The van der Waals surface area contributed by atoms with Gasteiger partial charge in [-0.25, -0.2) is 14.6 Å². The molecule has 1 aromatic heterocycles. The summed E-state index contributed by atoms with van der Waals surface area (Å²) in [6.45, 7) is 4.89. The van der Waals surface area contributed by atoms with Crippen LogP contribution in [0.15, 0.2) is 18.3 Å². The van der Waals surface area contributed by atoms with Crippen LogP contribution in [0.3, 0.4) is 0 Å². The third kappa shape index (κ3) is 3.59. The van der Waals surface area contributed by atoms with Crippen LogP contribution in [0.5, 0.6) is 0 Å². The number of carbonyl (C=O) groups is 2. The average Bonchev–Trinajstić information content (AvgIpc) is 2.17. The van der Waals surface area contributed by atoms with Crippen molar-refractivity contribution >= 4 is 29.6 Å². The van der Waals surface area contributed by atoms with Gasteiger partial charge in [-0.15, -0.1) is 0 Å². The summed E-state index contributed by atoms with van der Waals surface area (Å²) in [4.78, 5) is 27.0. The predicted octanol–water partition coefficient (Wildman–Crippen LogP) is 3.15. The monoisotopic (exact) mass is 272 g/mol. The summed E-state index contributed by atoms with van der Waals surface area (Å²) in [5.41, 5.74) is -0.813. The van der Waals surface area contributed by atoms with E-state index in [0.717, 1.165) is 0 Å². The summed E-state index contributed by atoms with van der Waals surface area (Å²) in [6.07, 6.45) is -1.22. The highest BCUT2D eigenvalue weighted by atomic mass is 35.5. The summed E-state index contributed by atoms with van der Waals surface area (Å²) >= 11 is 5.80. The Kier molecular flexibility index (Phi) is 4.13. The number of carboxylic acid groups (broad SMARTS) is 1. The van der Waals surface area contributed by atoms with E-state index in [4.69, 9.17) is 21.4 Å². The largest absolute Gasteiger partial charge is 0.464 e. The van der Waals surface area contributed by atoms with E-state index in [2.05, 4.69) is 4.98 Å². The second kappa shape index (κ2) is 5.22. The first-order chi connectivity index (χ1) is 8.22. The van der Waals surface area contributed by atoms with Gasteiger partial charge in [0.15, 0.2) is 5.82 Å². The van der Waals surface area contributed by atoms with Crippen molar-refractivity contribution in [1.82, 2.24) is 4.98 Å². The number of anilines is 1. The molecule has 1 heterocycles. The zero-order valence-electron chi connectivity index (χ0n) is 10.2. The Morgan fingerprint density at radius 2 is 2.06 bits per heavy atom. The normalized spacial score (nSPS) is 10.9. The lowest BCUT2D eigenvalue weighted by molar-refractivity contribution is 0.0581. The van der Waals surface area contributed by atoms with Gasteiger partial charge in [-0.1, -0.05) is 11.6 Å². The van der Waals surface area contributed by atoms with E-state index in [9.17, 15) is 9.59 Å². The minimum absolute atomic E-state index is 0.0470. The van der Waals surface area contributed by atoms with Crippen LogP contribution in [0.2, 0.25) is 5.02 Å². The maximum atomic E-state index is 11.8. The van der Waals surface area contributed by atoms with Gasteiger partial charge in [-0.3, -0.25) is 0 Å². The fraction of sp³-hybridized carbons (Fsp3) is 0.364. The Bertz CT molecular complexity index is 470. The Morgan fingerprint density at radius 3 is 2.50 bits per heavy atom. The second-order valence-electron chi connectivity index (χ2n) is 4.41. The number of nitrogens with zero attached hydrogens (tertiary/aromatic N) is 2. The smallest absolute Gasteiger partial charge is 0.425 e. The molecule has 0 aliphatic heterocycles. The zero-order valence-corrected chi connectivity index (χ0v) is 10.9. The number of halogens is 1. The highest BCUT2D eigenvalue weighted by Gasteiger charge is 2.30. The third-order valence-electron chi connectivity index (χ3n) is 1.72. The second-order valence-corrected chi connectivity index (χ2v) is 4.81. The third-order valence-corrected chi connectivity index (χ3v) is 2.01. The SMILES string of the molecule is CC(C)(C)OC(=O)N(C(=O)O)c1ncccc1Cl. The van der Waals surface area contributed by atoms with E-state index < -0.39 is 17.8 Å². The minimum Gasteiger partial charge on any atom is -0.464 e. The highest BCUT2D eigenvalue weighted by molar-refractivity contribution is 6.34. The molecule has 1 aromatic rings. The van der Waals surface area contributed by atoms with Crippen LogP contribution in [-0.4, -0.2) is 27.9 Å². The molecular weight excluding hydrogens is 260 g/mol. The van der Waals surface area contributed by atoms with Gasteiger partial charge in [0.05, 0.1) is 5.02 Å². The van der Waals surface area contributed by atoms with E-state index in [1.807, 2.05) is 0 Å². The molecule has 0 fully saturated rings. The fourth-order valence-corrected chi connectivity index (χ4v) is 1.31. The lowest BCUT2D eigenvalue weighted by Gasteiger charge is -2.24. The van der Waals surface area contributed by atoms with Crippen LogP contribution in [0, 0.1) is 0 Å².